The van der Waals surface area contributed by atoms with Crippen LogP contribution in [0.15, 0.2) is 36.4 Å². The number of carbonyl (C=O) groups excluding carboxylic acids is 1. The Labute approximate surface area is 241 Å². The fraction of sp³-hybridized carbons (Fsp3) is 0.500. The van der Waals surface area contributed by atoms with Crippen molar-refractivity contribution in [1.82, 2.24) is 19.0 Å². The third-order valence-corrected chi connectivity index (χ3v) is 9.55. The number of halogens is 6. The molecule has 2 aliphatic rings. The first-order valence-electron chi connectivity index (χ1n) is 12.6. The molecule has 14 heteroatoms. The molecule has 0 N–H and O–H groups in total. The molecule has 0 bridgehead atoms. The summed E-state index contributed by atoms with van der Waals surface area (Å²) < 4.78 is 78.2. The molecule has 0 saturated carbocycles. The highest BCUT2D eigenvalue weighted by Gasteiger charge is 2.39. The van der Waals surface area contributed by atoms with Crippen molar-refractivity contribution in [1.29, 1.82) is 0 Å². The van der Waals surface area contributed by atoms with Crippen LogP contribution in [-0.2, 0) is 27.5 Å². The number of benzene rings is 2. The topological polar surface area (TPSA) is 64.2 Å². The van der Waals surface area contributed by atoms with Gasteiger partial charge in [-0.25, -0.2) is 12.8 Å². The van der Waals surface area contributed by atoms with Crippen LogP contribution in [0.3, 0.4) is 0 Å². The number of nitrogens with zero attached hydrogens (tertiary/aromatic N) is 4. The molecule has 0 radical (unpaired) electrons. The first-order chi connectivity index (χ1) is 18.6. The number of likely N-dealkylation sites (tertiary alicyclic amines) is 1. The van der Waals surface area contributed by atoms with Crippen LogP contribution < -0.4 is 0 Å². The average molecular weight is 626 g/mol. The summed E-state index contributed by atoms with van der Waals surface area (Å²) in [5.74, 6) is -1.64. The van der Waals surface area contributed by atoms with E-state index in [1.54, 1.807) is 24.1 Å². The van der Waals surface area contributed by atoms with E-state index in [1.165, 1.54) is 10.4 Å². The van der Waals surface area contributed by atoms with Crippen LogP contribution in [0.25, 0.3) is 0 Å². The number of likely N-dealkylation sites (N-methyl/N-ethyl adjacent to an activating group) is 1. The molecule has 220 valence electrons. The molecule has 0 spiro atoms. The van der Waals surface area contributed by atoms with Crippen LogP contribution in [0.4, 0.5) is 17.6 Å². The summed E-state index contributed by atoms with van der Waals surface area (Å²) in [6.45, 7) is 2.50. The van der Waals surface area contributed by atoms with Crippen LogP contribution in [0.5, 0.6) is 0 Å². The lowest BCUT2D eigenvalue weighted by Crippen LogP contribution is -2.51. The van der Waals surface area contributed by atoms with E-state index in [0.29, 0.717) is 54.9 Å². The van der Waals surface area contributed by atoms with Crippen molar-refractivity contribution < 1.29 is 30.8 Å². The number of sulfonamides is 1. The Hall–Kier alpha value is -1.96. The first-order valence-corrected chi connectivity index (χ1v) is 15.2. The summed E-state index contributed by atoms with van der Waals surface area (Å²) in [6.07, 6.45) is -3.62. The quantitative estimate of drug-likeness (QED) is 0.433. The van der Waals surface area contributed by atoms with Crippen molar-refractivity contribution in [3.63, 3.8) is 0 Å². The Morgan fingerprint density at radius 1 is 1.02 bits per heavy atom. The van der Waals surface area contributed by atoms with Gasteiger partial charge < -0.3 is 4.90 Å². The molecule has 2 aliphatic heterocycles. The fourth-order valence-corrected chi connectivity index (χ4v) is 6.44. The van der Waals surface area contributed by atoms with E-state index in [2.05, 4.69) is 0 Å². The highest BCUT2D eigenvalue weighted by atomic mass is 35.5. The van der Waals surface area contributed by atoms with Gasteiger partial charge in [-0.05, 0) is 42.4 Å². The maximum absolute atomic E-state index is 14.2. The predicted molar refractivity (Wildman–Crippen MR) is 145 cm³/mol. The zero-order valence-electron chi connectivity index (χ0n) is 22.0. The van der Waals surface area contributed by atoms with Crippen LogP contribution >= 0.6 is 23.2 Å². The van der Waals surface area contributed by atoms with E-state index >= 15 is 0 Å². The minimum atomic E-state index is -4.78. The Morgan fingerprint density at radius 3 is 2.27 bits per heavy atom. The van der Waals surface area contributed by atoms with Crippen molar-refractivity contribution in [3.8, 4) is 0 Å². The minimum Gasteiger partial charge on any atom is -0.339 e. The van der Waals surface area contributed by atoms with E-state index in [1.807, 2.05) is 15.9 Å². The first kappa shape index (κ1) is 31.0. The standard InChI is InChI=1S/C26H30Cl2F4N4O3S/c1-33(13-17-3-5-20(23(29)11-17)26(30,31)32)24-15-35(14-19(24)18-4-6-21(27)22(28)12-18)25(37)16-34-7-9-36(10-8-34)40(2,38)39/h3-6,11-12,19,24H,7-10,13-16H2,1-2H3/t19-,24?/m1/s1. The molecule has 0 aliphatic carbocycles. The molecule has 2 saturated heterocycles. The smallest absolute Gasteiger partial charge is 0.339 e. The third-order valence-electron chi connectivity index (χ3n) is 7.51. The molecular weight excluding hydrogens is 595 g/mol. The molecule has 4 rings (SSSR count). The SMILES string of the molecule is CN(Cc1ccc(C(F)(F)F)c(F)c1)C1CN(C(=O)CN2CCN(S(C)(=O)=O)CC2)C[C@@H]1c1ccc(Cl)c(Cl)c1. The van der Waals surface area contributed by atoms with Gasteiger partial charge in [0.1, 0.15) is 5.82 Å². The van der Waals surface area contributed by atoms with Gasteiger partial charge in [-0.15, -0.1) is 0 Å². The van der Waals surface area contributed by atoms with E-state index < -0.39 is 27.6 Å². The molecule has 2 aromatic rings. The molecule has 1 unspecified atom stereocenters. The molecular formula is C26H30Cl2F4N4O3S. The molecule has 2 fully saturated rings. The second-order valence-electron chi connectivity index (χ2n) is 10.3. The molecule has 2 aromatic carbocycles. The number of alkyl halides is 3. The van der Waals surface area contributed by atoms with Gasteiger partial charge >= 0.3 is 6.18 Å². The normalized spacial score (nSPS) is 21.4. The second kappa shape index (κ2) is 12.1. The highest BCUT2D eigenvalue weighted by Crippen LogP contribution is 2.36. The Kier molecular flexibility index (Phi) is 9.38. The monoisotopic (exact) mass is 624 g/mol. The van der Waals surface area contributed by atoms with Gasteiger partial charge in [-0.3, -0.25) is 14.6 Å². The zero-order valence-corrected chi connectivity index (χ0v) is 24.3. The van der Waals surface area contributed by atoms with Gasteiger partial charge in [-0.1, -0.05) is 35.3 Å². The number of hydrogen-bond acceptors (Lipinski definition) is 5. The van der Waals surface area contributed by atoms with Crippen molar-refractivity contribution in [2.45, 2.75) is 24.7 Å². The van der Waals surface area contributed by atoms with Crippen molar-refractivity contribution >= 4 is 39.1 Å². The third kappa shape index (κ3) is 7.27. The summed E-state index contributed by atoms with van der Waals surface area (Å²) >= 11 is 12.4. The number of rotatable bonds is 7. The molecule has 1 amide bonds. The van der Waals surface area contributed by atoms with E-state index in [0.717, 1.165) is 24.0 Å². The predicted octanol–water partition coefficient (Wildman–Crippen LogP) is 4.15. The van der Waals surface area contributed by atoms with E-state index in [4.69, 9.17) is 23.2 Å². The number of carbonyl (C=O) groups is 1. The number of piperazine rings is 1. The Morgan fingerprint density at radius 2 is 1.70 bits per heavy atom. The van der Waals surface area contributed by atoms with E-state index in [-0.39, 0.29) is 31.0 Å². The lowest BCUT2D eigenvalue weighted by molar-refractivity contribution is -0.140. The van der Waals surface area contributed by atoms with Crippen molar-refractivity contribution in [2.24, 2.45) is 0 Å². The number of amides is 1. The molecule has 2 atom stereocenters. The molecule has 7 nitrogen and oxygen atoms in total. The molecule has 40 heavy (non-hydrogen) atoms. The van der Waals surface area contributed by atoms with Gasteiger partial charge in [0.25, 0.3) is 0 Å². The van der Waals surface area contributed by atoms with Crippen LogP contribution in [0.2, 0.25) is 10.0 Å². The highest BCUT2D eigenvalue weighted by molar-refractivity contribution is 7.88. The second-order valence-corrected chi connectivity index (χ2v) is 13.1. The van der Waals surface area contributed by atoms with Crippen LogP contribution in [0, 0.1) is 5.82 Å². The van der Waals surface area contributed by atoms with Crippen LogP contribution in [0.1, 0.15) is 22.6 Å². The maximum atomic E-state index is 14.2. The zero-order chi connectivity index (χ0) is 29.4. The summed E-state index contributed by atoms with van der Waals surface area (Å²) in [5, 5.41) is 0.744. The maximum Gasteiger partial charge on any atom is 0.419 e. The van der Waals surface area contributed by atoms with Crippen molar-refractivity contribution in [2.75, 3.05) is 59.1 Å². The lowest BCUT2D eigenvalue weighted by Gasteiger charge is -2.33. The van der Waals surface area contributed by atoms with Gasteiger partial charge in [0, 0.05) is 57.8 Å². The van der Waals surface area contributed by atoms with Crippen LogP contribution in [-0.4, -0.2) is 98.5 Å². The van der Waals surface area contributed by atoms with Gasteiger partial charge in [0.05, 0.1) is 28.4 Å². The number of hydrogen-bond donors (Lipinski definition) is 0. The molecule has 0 aromatic heterocycles. The Balaban J connectivity index is 1.50. The van der Waals surface area contributed by atoms with Gasteiger partial charge in [-0.2, -0.15) is 17.5 Å². The van der Waals surface area contributed by atoms with Gasteiger partial charge in [0.2, 0.25) is 15.9 Å². The molecule has 2 heterocycles. The largest absolute Gasteiger partial charge is 0.419 e. The summed E-state index contributed by atoms with van der Waals surface area (Å²) in [7, 11) is -1.51. The average Bonchev–Trinajstić information content (AvgIpc) is 3.31. The summed E-state index contributed by atoms with van der Waals surface area (Å²) in [6, 6.07) is 7.89. The minimum absolute atomic E-state index is 0.116. The summed E-state index contributed by atoms with van der Waals surface area (Å²) in [5.41, 5.74) is -0.0982. The van der Waals surface area contributed by atoms with Crippen molar-refractivity contribution in [3.05, 3.63) is 69.0 Å². The lowest BCUT2D eigenvalue weighted by atomic mass is 9.93. The van der Waals surface area contributed by atoms with E-state index in [9.17, 15) is 30.8 Å². The van der Waals surface area contributed by atoms with Gasteiger partial charge in [0.15, 0.2) is 0 Å². The summed E-state index contributed by atoms with van der Waals surface area (Å²) in [4.78, 5) is 18.9. The fourth-order valence-electron chi connectivity index (χ4n) is 5.31. The Bertz CT molecular complexity index is 1350.